The van der Waals surface area contributed by atoms with Gasteiger partial charge >= 0.3 is 0 Å². The van der Waals surface area contributed by atoms with Crippen LogP contribution >= 0.6 is 28.1 Å². The third kappa shape index (κ3) is 7.92. The van der Waals surface area contributed by atoms with Gasteiger partial charge in [-0.05, 0) is 66.7 Å². The fourth-order valence-corrected chi connectivity index (χ4v) is 2.78. The summed E-state index contributed by atoms with van der Waals surface area (Å²) in [6, 6.07) is 12.7. The molecule has 2 aromatic rings. The van der Waals surface area contributed by atoms with Gasteiger partial charge in [-0.2, -0.15) is 0 Å². The quantitative estimate of drug-likeness (QED) is 0.336. The predicted molar refractivity (Wildman–Crippen MR) is 118 cm³/mol. The molecule has 0 atom stereocenters. The first-order valence-corrected chi connectivity index (χ1v) is 9.68. The van der Waals surface area contributed by atoms with E-state index in [0.717, 1.165) is 21.3 Å². The van der Waals surface area contributed by atoms with Crippen molar-refractivity contribution in [3.8, 4) is 11.5 Å². The molecule has 152 valence electrons. The van der Waals surface area contributed by atoms with Crippen LogP contribution in [0.3, 0.4) is 0 Å². The Bertz CT molecular complexity index is 916. The Morgan fingerprint density at radius 1 is 1.14 bits per heavy atom. The molecule has 0 unspecified atom stereocenters. The number of carbonyl (C=O) groups is 2. The number of thiocarbonyl (C=S) groups is 1. The van der Waals surface area contributed by atoms with E-state index < -0.39 is 11.8 Å². The van der Waals surface area contributed by atoms with Gasteiger partial charge in [-0.25, -0.2) is 0 Å². The highest BCUT2D eigenvalue weighted by atomic mass is 79.9. The van der Waals surface area contributed by atoms with Crippen molar-refractivity contribution in [1.29, 1.82) is 0 Å². The van der Waals surface area contributed by atoms with Crippen molar-refractivity contribution in [2.24, 2.45) is 0 Å². The number of hydrogen-bond acceptors (Lipinski definition) is 5. The molecular formula is C20H20BrN3O4S. The number of aryl methyl sites for hydroxylation is 1. The number of hydrogen-bond donors (Lipinski definition) is 3. The molecule has 0 aliphatic heterocycles. The van der Waals surface area contributed by atoms with Crippen LogP contribution in [0, 0.1) is 6.92 Å². The summed E-state index contributed by atoms with van der Waals surface area (Å²) in [4.78, 5) is 23.7. The molecule has 2 aromatic carbocycles. The molecule has 0 saturated heterocycles. The SMILES string of the molecule is COc1ccc(C=CC(=O)NC(=S)NNC(=O)COc2ccc(Br)cc2C)cc1. The molecule has 0 fully saturated rings. The molecule has 7 nitrogen and oxygen atoms in total. The molecule has 0 aliphatic rings. The molecule has 0 aliphatic carbocycles. The second kappa shape index (κ2) is 11.2. The minimum absolute atomic E-state index is 0.0393. The molecular weight excluding hydrogens is 458 g/mol. The molecule has 29 heavy (non-hydrogen) atoms. The van der Waals surface area contributed by atoms with Crippen LogP contribution in [0.4, 0.5) is 0 Å². The minimum Gasteiger partial charge on any atom is -0.497 e. The van der Waals surface area contributed by atoms with Crippen LogP contribution in [0.15, 0.2) is 53.0 Å². The van der Waals surface area contributed by atoms with Gasteiger partial charge in [0.2, 0.25) is 5.91 Å². The Hall–Kier alpha value is -2.91. The van der Waals surface area contributed by atoms with Crippen molar-refractivity contribution in [2.75, 3.05) is 13.7 Å². The highest BCUT2D eigenvalue weighted by Gasteiger charge is 2.07. The topological polar surface area (TPSA) is 88.7 Å². The average Bonchev–Trinajstić information content (AvgIpc) is 2.70. The zero-order valence-corrected chi connectivity index (χ0v) is 18.2. The van der Waals surface area contributed by atoms with E-state index in [1.807, 2.05) is 31.2 Å². The van der Waals surface area contributed by atoms with Gasteiger partial charge in [0, 0.05) is 10.5 Å². The van der Waals surface area contributed by atoms with Crippen molar-refractivity contribution in [2.45, 2.75) is 6.92 Å². The lowest BCUT2D eigenvalue weighted by Gasteiger charge is -2.11. The number of rotatable bonds is 6. The number of hydrazine groups is 1. The van der Waals surface area contributed by atoms with Crippen molar-refractivity contribution >= 4 is 51.2 Å². The smallest absolute Gasteiger partial charge is 0.276 e. The maximum Gasteiger partial charge on any atom is 0.276 e. The zero-order valence-electron chi connectivity index (χ0n) is 15.8. The van der Waals surface area contributed by atoms with E-state index in [4.69, 9.17) is 21.7 Å². The third-order valence-electron chi connectivity index (χ3n) is 3.59. The van der Waals surface area contributed by atoms with Crippen LogP contribution in [0.5, 0.6) is 11.5 Å². The molecule has 2 amide bonds. The van der Waals surface area contributed by atoms with Crippen LogP contribution in [0.1, 0.15) is 11.1 Å². The maximum absolute atomic E-state index is 11.9. The molecule has 0 radical (unpaired) electrons. The summed E-state index contributed by atoms with van der Waals surface area (Å²) in [5, 5.41) is 2.39. The fourth-order valence-electron chi connectivity index (χ4n) is 2.15. The first kappa shape index (κ1) is 22.4. The highest BCUT2D eigenvalue weighted by molar-refractivity contribution is 9.10. The van der Waals surface area contributed by atoms with E-state index >= 15 is 0 Å². The fraction of sp³-hybridized carbons (Fsp3) is 0.150. The Labute approximate surface area is 182 Å². The van der Waals surface area contributed by atoms with E-state index in [-0.39, 0.29) is 11.7 Å². The number of carbonyl (C=O) groups excluding carboxylic acids is 2. The van der Waals surface area contributed by atoms with Crippen molar-refractivity contribution in [3.05, 3.63) is 64.1 Å². The predicted octanol–water partition coefficient (Wildman–Crippen LogP) is 2.88. The number of halogens is 1. The van der Waals surface area contributed by atoms with Crippen LogP contribution < -0.4 is 25.6 Å². The molecule has 0 spiro atoms. The summed E-state index contributed by atoms with van der Waals surface area (Å²) in [6.45, 7) is 1.67. The minimum atomic E-state index is -0.447. The second-order valence-corrected chi connectivity index (χ2v) is 7.12. The van der Waals surface area contributed by atoms with Gasteiger partial charge in [0.05, 0.1) is 7.11 Å². The highest BCUT2D eigenvalue weighted by Crippen LogP contribution is 2.21. The van der Waals surface area contributed by atoms with Crippen molar-refractivity contribution < 1.29 is 19.1 Å². The molecule has 0 bridgehead atoms. The van der Waals surface area contributed by atoms with E-state index in [0.29, 0.717) is 5.75 Å². The standard InChI is InChI=1S/C20H20BrN3O4S/c1-13-11-15(21)6-9-17(13)28-12-19(26)23-24-20(29)22-18(25)10-5-14-3-7-16(27-2)8-4-14/h3-11H,12H2,1-2H3,(H,23,26)(H2,22,24,25,29). The van der Waals surface area contributed by atoms with Gasteiger partial charge < -0.3 is 9.47 Å². The molecule has 9 heteroatoms. The number of ether oxygens (including phenoxy) is 2. The monoisotopic (exact) mass is 477 g/mol. The Kier molecular flexibility index (Phi) is 8.63. The third-order valence-corrected chi connectivity index (χ3v) is 4.29. The zero-order chi connectivity index (χ0) is 21.2. The van der Waals surface area contributed by atoms with Gasteiger partial charge in [-0.15, -0.1) is 0 Å². The number of nitrogens with one attached hydrogen (secondary N) is 3. The second-order valence-electron chi connectivity index (χ2n) is 5.80. The molecule has 3 N–H and O–H groups in total. The first-order valence-electron chi connectivity index (χ1n) is 8.48. The van der Waals surface area contributed by atoms with Gasteiger partial charge in [0.1, 0.15) is 11.5 Å². The largest absolute Gasteiger partial charge is 0.497 e. The van der Waals surface area contributed by atoms with E-state index in [1.54, 1.807) is 31.4 Å². The lowest BCUT2D eigenvalue weighted by atomic mass is 10.2. The lowest BCUT2D eigenvalue weighted by molar-refractivity contribution is -0.123. The molecule has 0 aromatic heterocycles. The Morgan fingerprint density at radius 2 is 1.86 bits per heavy atom. The van der Waals surface area contributed by atoms with Crippen LogP contribution in [-0.2, 0) is 9.59 Å². The number of benzene rings is 2. The average molecular weight is 478 g/mol. The van der Waals surface area contributed by atoms with Crippen LogP contribution in [0.25, 0.3) is 6.08 Å². The van der Waals surface area contributed by atoms with Crippen molar-refractivity contribution in [1.82, 2.24) is 16.2 Å². The van der Waals surface area contributed by atoms with Crippen LogP contribution in [0.2, 0.25) is 0 Å². The van der Waals surface area contributed by atoms with E-state index in [1.165, 1.54) is 6.08 Å². The van der Waals surface area contributed by atoms with Crippen LogP contribution in [-0.4, -0.2) is 30.6 Å². The first-order chi connectivity index (χ1) is 13.9. The summed E-state index contributed by atoms with van der Waals surface area (Å²) in [5.74, 6) is 0.446. The van der Waals surface area contributed by atoms with Gasteiger partial charge in [0.15, 0.2) is 11.7 Å². The summed E-state index contributed by atoms with van der Waals surface area (Å²) in [6.07, 6.45) is 2.96. The summed E-state index contributed by atoms with van der Waals surface area (Å²) < 4.78 is 11.4. The molecule has 0 saturated carbocycles. The summed E-state index contributed by atoms with van der Waals surface area (Å²) in [7, 11) is 1.58. The van der Waals surface area contributed by atoms with Gasteiger partial charge in [0.25, 0.3) is 5.91 Å². The van der Waals surface area contributed by atoms with Gasteiger partial charge in [-0.3, -0.25) is 25.8 Å². The van der Waals surface area contributed by atoms with Crippen molar-refractivity contribution in [3.63, 3.8) is 0 Å². The van der Waals surface area contributed by atoms with E-state index in [9.17, 15) is 9.59 Å². The number of amides is 2. The van der Waals surface area contributed by atoms with E-state index in [2.05, 4.69) is 32.1 Å². The Balaban J connectivity index is 1.71. The molecule has 0 heterocycles. The summed E-state index contributed by atoms with van der Waals surface area (Å²) in [5.41, 5.74) is 6.53. The Morgan fingerprint density at radius 3 is 2.52 bits per heavy atom. The lowest BCUT2D eigenvalue weighted by Crippen LogP contribution is -2.49. The summed E-state index contributed by atoms with van der Waals surface area (Å²) >= 11 is 8.33. The maximum atomic E-state index is 11.9. The normalized spacial score (nSPS) is 10.3. The number of methoxy groups -OCH3 is 1. The molecule has 2 rings (SSSR count). The van der Waals surface area contributed by atoms with Gasteiger partial charge in [-0.1, -0.05) is 28.1 Å².